The summed E-state index contributed by atoms with van der Waals surface area (Å²) in [6.45, 7) is 8.29. The van der Waals surface area contributed by atoms with Crippen LogP contribution in [-0.4, -0.2) is 56.3 Å². The third-order valence-electron chi connectivity index (χ3n) is 10.1. The van der Waals surface area contributed by atoms with Crippen molar-refractivity contribution in [2.75, 3.05) is 25.5 Å². The van der Waals surface area contributed by atoms with Crippen molar-refractivity contribution >= 4 is 11.7 Å². The van der Waals surface area contributed by atoms with E-state index < -0.39 is 5.54 Å². The average molecular weight is 678 g/mol. The summed E-state index contributed by atoms with van der Waals surface area (Å²) in [5.41, 5.74) is 5.24. The molecule has 6 aromatic rings. The minimum Gasteiger partial charge on any atom is -0.495 e. The highest BCUT2D eigenvalue weighted by molar-refractivity contribution is 5.92. The van der Waals surface area contributed by atoms with Crippen molar-refractivity contribution in [1.82, 2.24) is 30.1 Å². The first-order chi connectivity index (χ1) is 24.8. The lowest BCUT2D eigenvalue weighted by Gasteiger charge is -2.38. The number of likely N-dealkylation sites (tertiary alicyclic amines) is 1. The van der Waals surface area contributed by atoms with E-state index in [1.807, 2.05) is 83.8 Å². The number of nitrogens with zero attached hydrogens (tertiary/aromatic N) is 6. The normalized spacial score (nSPS) is 13.9. The quantitative estimate of drug-likeness (QED) is 0.162. The van der Waals surface area contributed by atoms with Gasteiger partial charge in [0, 0.05) is 36.1 Å². The van der Waals surface area contributed by atoms with Crippen molar-refractivity contribution in [1.29, 1.82) is 0 Å². The van der Waals surface area contributed by atoms with Crippen molar-refractivity contribution in [3.8, 4) is 28.3 Å². The van der Waals surface area contributed by atoms with E-state index in [2.05, 4.69) is 67.5 Å². The predicted octanol–water partition coefficient (Wildman–Crippen LogP) is 8.54. The van der Waals surface area contributed by atoms with Gasteiger partial charge in [-0.05, 0) is 69.8 Å². The first-order valence-electron chi connectivity index (χ1n) is 17.4. The molecule has 1 N–H and O–H groups in total. The smallest absolute Gasteiger partial charge is 0.321 e. The fraction of sp³-hybridized carbons (Fsp3) is 0.262. The molecule has 9 nitrogen and oxygen atoms in total. The number of carbonyl (C=O) groups is 1. The second-order valence-electron chi connectivity index (χ2n) is 14.1. The standard InChI is InChI=1S/C42H43N7O2/c1-41(2,3)31-22-24-48(25-23-31)40(50)44-35-20-21-37(30-26-36(51-4)29-43-28-30)38(27-35)39-45-47-49(46-39)42(32-14-8-5-9-15-32,33-16-10-6-11-17-33)34-18-12-7-13-19-34/h5-21,26-29,31H,22-25H2,1-4H3,(H,44,50). The Morgan fingerprint density at radius 1 is 0.765 bits per heavy atom. The fourth-order valence-corrected chi connectivity index (χ4v) is 7.24. The average Bonchev–Trinajstić information content (AvgIpc) is 3.67. The maximum atomic E-state index is 13.6. The SMILES string of the molecule is COc1cncc(-c2ccc(NC(=O)N3CCC(C(C)(C)C)CC3)cc2-c2nnn(C(c3ccccc3)(c3ccccc3)c3ccccc3)n2)c1. The Labute approximate surface area is 299 Å². The van der Waals surface area contributed by atoms with Gasteiger partial charge in [0.15, 0.2) is 5.54 Å². The molecule has 0 atom stereocenters. The number of tetrazole rings is 1. The van der Waals surface area contributed by atoms with Crippen LogP contribution in [0.15, 0.2) is 128 Å². The summed E-state index contributed by atoms with van der Waals surface area (Å²) in [7, 11) is 1.62. The van der Waals surface area contributed by atoms with E-state index in [1.54, 1.807) is 24.3 Å². The molecule has 2 aromatic heterocycles. The van der Waals surface area contributed by atoms with Gasteiger partial charge in [-0.25, -0.2) is 4.79 Å². The van der Waals surface area contributed by atoms with E-state index in [-0.39, 0.29) is 11.4 Å². The lowest BCUT2D eigenvalue weighted by atomic mass is 9.75. The molecule has 1 aliphatic heterocycles. The number of hydrogen-bond acceptors (Lipinski definition) is 6. The fourth-order valence-electron chi connectivity index (χ4n) is 7.24. The molecule has 1 fully saturated rings. The lowest BCUT2D eigenvalue weighted by Crippen LogP contribution is -2.43. The molecule has 3 heterocycles. The van der Waals surface area contributed by atoms with Crippen molar-refractivity contribution in [2.45, 2.75) is 39.2 Å². The number of benzene rings is 4. The molecule has 0 unspecified atom stereocenters. The van der Waals surface area contributed by atoms with E-state index >= 15 is 0 Å². The first-order valence-corrected chi connectivity index (χ1v) is 17.4. The Hall–Kier alpha value is -5.83. The van der Waals surface area contributed by atoms with Gasteiger partial charge in [-0.1, -0.05) is 118 Å². The summed E-state index contributed by atoms with van der Waals surface area (Å²) >= 11 is 0. The van der Waals surface area contributed by atoms with Crippen molar-refractivity contribution < 1.29 is 9.53 Å². The monoisotopic (exact) mass is 677 g/mol. The molecule has 0 bridgehead atoms. The predicted molar refractivity (Wildman–Crippen MR) is 200 cm³/mol. The lowest BCUT2D eigenvalue weighted by molar-refractivity contribution is 0.128. The van der Waals surface area contributed by atoms with E-state index in [0.717, 1.165) is 53.7 Å². The Bertz CT molecular complexity index is 1990. The molecule has 7 rings (SSSR count). The summed E-state index contributed by atoms with van der Waals surface area (Å²) in [6.07, 6.45) is 5.43. The molecule has 0 spiro atoms. The van der Waals surface area contributed by atoms with Gasteiger partial charge in [0.2, 0.25) is 5.82 Å². The number of piperidine rings is 1. The summed E-state index contributed by atoms with van der Waals surface area (Å²) in [6, 6.07) is 38.4. The van der Waals surface area contributed by atoms with E-state index in [0.29, 0.717) is 28.7 Å². The molecule has 258 valence electrons. The number of ether oxygens (including phenoxy) is 1. The van der Waals surface area contributed by atoms with Gasteiger partial charge < -0.3 is 15.0 Å². The van der Waals surface area contributed by atoms with Gasteiger partial charge in [-0.3, -0.25) is 4.98 Å². The molecule has 1 saturated heterocycles. The van der Waals surface area contributed by atoms with Crippen LogP contribution in [0.2, 0.25) is 0 Å². The Balaban J connectivity index is 1.33. The number of methoxy groups -OCH3 is 1. The number of hydrogen-bond donors (Lipinski definition) is 1. The third kappa shape index (κ3) is 6.71. The van der Waals surface area contributed by atoms with Crippen LogP contribution in [0.4, 0.5) is 10.5 Å². The van der Waals surface area contributed by atoms with Crippen LogP contribution >= 0.6 is 0 Å². The largest absolute Gasteiger partial charge is 0.495 e. The molecule has 0 radical (unpaired) electrons. The van der Waals surface area contributed by atoms with Crippen molar-refractivity contribution in [3.05, 3.63) is 144 Å². The van der Waals surface area contributed by atoms with E-state index in [1.165, 1.54) is 0 Å². The summed E-state index contributed by atoms with van der Waals surface area (Å²) < 4.78 is 5.52. The minimum absolute atomic E-state index is 0.114. The molecular formula is C42H43N7O2. The Kier molecular flexibility index (Phi) is 9.36. The number of carbonyl (C=O) groups excluding carboxylic acids is 1. The maximum Gasteiger partial charge on any atom is 0.321 e. The highest BCUT2D eigenvalue weighted by atomic mass is 16.5. The molecule has 0 aliphatic carbocycles. The highest BCUT2D eigenvalue weighted by Gasteiger charge is 2.41. The Morgan fingerprint density at radius 3 is 1.90 bits per heavy atom. The second-order valence-corrected chi connectivity index (χ2v) is 14.1. The van der Waals surface area contributed by atoms with Gasteiger partial charge in [-0.2, -0.15) is 0 Å². The van der Waals surface area contributed by atoms with Crippen molar-refractivity contribution in [3.63, 3.8) is 0 Å². The second kappa shape index (κ2) is 14.2. The molecule has 0 saturated carbocycles. The molecule has 1 aliphatic rings. The van der Waals surface area contributed by atoms with Gasteiger partial charge in [0.25, 0.3) is 0 Å². The molecule has 9 heteroatoms. The van der Waals surface area contributed by atoms with Crippen LogP contribution in [-0.2, 0) is 5.54 Å². The summed E-state index contributed by atoms with van der Waals surface area (Å²) in [5, 5.41) is 17.8. The first kappa shape index (κ1) is 33.7. The molecule has 4 aromatic carbocycles. The third-order valence-corrected chi connectivity index (χ3v) is 10.1. The number of rotatable bonds is 8. The maximum absolute atomic E-state index is 13.6. The van der Waals surface area contributed by atoms with Crippen LogP contribution in [0, 0.1) is 11.3 Å². The summed E-state index contributed by atoms with van der Waals surface area (Å²) in [5.74, 6) is 1.62. The van der Waals surface area contributed by atoms with Gasteiger partial charge in [0.05, 0.1) is 13.3 Å². The summed E-state index contributed by atoms with van der Waals surface area (Å²) in [4.78, 5) is 21.6. The highest BCUT2D eigenvalue weighted by Crippen LogP contribution is 2.41. The zero-order valence-corrected chi connectivity index (χ0v) is 29.5. The van der Waals surface area contributed by atoms with Crippen LogP contribution in [0.5, 0.6) is 5.75 Å². The van der Waals surface area contributed by atoms with Crippen LogP contribution < -0.4 is 10.1 Å². The van der Waals surface area contributed by atoms with Crippen LogP contribution in [0.25, 0.3) is 22.5 Å². The van der Waals surface area contributed by atoms with E-state index in [4.69, 9.17) is 20.1 Å². The zero-order valence-electron chi connectivity index (χ0n) is 29.5. The number of amides is 2. The topological polar surface area (TPSA) is 98.1 Å². The Morgan fingerprint density at radius 2 is 1.35 bits per heavy atom. The van der Waals surface area contributed by atoms with Gasteiger partial charge in [0.1, 0.15) is 5.75 Å². The molecule has 51 heavy (non-hydrogen) atoms. The number of aromatic nitrogens is 5. The molecular weight excluding hydrogens is 635 g/mol. The number of pyridine rings is 1. The number of nitrogens with one attached hydrogen (secondary N) is 1. The van der Waals surface area contributed by atoms with Crippen molar-refractivity contribution in [2.24, 2.45) is 11.3 Å². The number of urea groups is 1. The zero-order chi connectivity index (χ0) is 35.4. The van der Waals surface area contributed by atoms with Gasteiger partial charge in [-0.15, -0.1) is 15.0 Å². The van der Waals surface area contributed by atoms with Crippen LogP contribution in [0.1, 0.15) is 50.3 Å². The van der Waals surface area contributed by atoms with Crippen LogP contribution in [0.3, 0.4) is 0 Å². The number of anilines is 1. The minimum atomic E-state index is -0.933. The van der Waals surface area contributed by atoms with E-state index in [9.17, 15) is 4.79 Å². The van der Waals surface area contributed by atoms with Gasteiger partial charge >= 0.3 is 6.03 Å². The molecule has 2 amide bonds.